The van der Waals surface area contributed by atoms with Crippen LogP contribution in [0, 0.1) is 5.41 Å². The van der Waals surface area contributed by atoms with E-state index in [-0.39, 0.29) is 17.5 Å². The SMILES string of the molecule is O=C1c2ccccc2C(=O)N1OC(=O)C1(Cc2cn[nH]n2)CCOCC1. The molecule has 1 N–H and O–H groups in total. The van der Waals surface area contributed by atoms with Gasteiger partial charge in [0.2, 0.25) is 0 Å². The molecule has 2 aliphatic rings. The third-order valence-corrected chi connectivity index (χ3v) is 4.80. The van der Waals surface area contributed by atoms with Crippen LogP contribution in [0.3, 0.4) is 0 Å². The number of rotatable bonds is 4. The van der Waals surface area contributed by atoms with Gasteiger partial charge in [0.1, 0.15) is 0 Å². The van der Waals surface area contributed by atoms with Crippen LogP contribution in [0.15, 0.2) is 30.5 Å². The molecule has 2 aromatic rings. The smallest absolute Gasteiger partial charge is 0.339 e. The maximum Gasteiger partial charge on any atom is 0.339 e. The summed E-state index contributed by atoms with van der Waals surface area (Å²) in [4.78, 5) is 43.1. The van der Waals surface area contributed by atoms with E-state index in [1.807, 2.05) is 0 Å². The molecule has 0 bridgehead atoms. The number of ether oxygens (including phenoxy) is 1. The molecule has 0 spiro atoms. The predicted molar refractivity (Wildman–Crippen MR) is 85.6 cm³/mol. The predicted octanol–water partition coefficient (Wildman–Crippen LogP) is 0.898. The lowest BCUT2D eigenvalue weighted by atomic mass is 9.76. The van der Waals surface area contributed by atoms with E-state index in [4.69, 9.17) is 9.57 Å². The number of hydrogen-bond donors (Lipinski definition) is 1. The van der Waals surface area contributed by atoms with E-state index in [1.165, 1.54) is 18.3 Å². The van der Waals surface area contributed by atoms with Gasteiger partial charge in [-0.3, -0.25) is 9.59 Å². The van der Waals surface area contributed by atoms with Gasteiger partial charge < -0.3 is 9.57 Å². The number of nitrogens with one attached hydrogen (secondary N) is 1. The molecule has 9 heteroatoms. The molecule has 0 aliphatic carbocycles. The zero-order valence-electron chi connectivity index (χ0n) is 13.8. The molecule has 4 rings (SSSR count). The monoisotopic (exact) mass is 356 g/mol. The van der Waals surface area contributed by atoms with Crippen molar-refractivity contribution in [1.82, 2.24) is 20.5 Å². The number of fused-ring (bicyclic) bond motifs is 1. The first-order valence-electron chi connectivity index (χ1n) is 8.23. The Morgan fingerprint density at radius 3 is 2.42 bits per heavy atom. The quantitative estimate of drug-likeness (QED) is 0.809. The zero-order chi connectivity index (χ0) is 18.1. The summed E-state index contributed by atoms with van der Waals surface area (Å²) in [7, 11) is 0. The Balaban J connectivity index is 1.57. The summed E-state index contributed by atoms with van der Waals surface area (Å²) in [6, 6.07) is 6.37. The van der Waals surface area contributed by atoms with Gasteiger partial charge in [-0.1, -0.05) is 17.2 Å². The minimum absolute atomic E-state index is 0.225. The second-order valence-corrected chi connectivity index (χ2v) is 6.36. The summed E-state index contributed by atoms with van der Waals surface area (Å²) in [5.74, 6) is -1.91. The highest BCUT2D eigenvalue weighted by Crippen LogP contribution is 2.36. The molecule has 9 nitrogen and oxygen atoms in total. The van der Waals surface area contributed by atoms with E-state index in [9.17, 15) is 14.4 Å². The number of hydroxylamine groups is 2. The van der Waals surface area contributed by atoms with Crippen LogP contribution in [0.5, 0.6) is 0 Å². The van der Waals surface area contributed by atoms with E-state index in [2.05, 4.69) is 15.4 Å². The summed E-state index contributed by atoms with van der Waals surface area (Å²) in [6.07, 6.45) is 2.63. The minimum Gasteiger partial charge on any atom is -0.381 e. The number of carbonyl (C=O) groups is 3. The molecule has 0 radical (unpaired) electrons. The minimum atomic E-state index is -0.926. The van der Waals surface area contributed by atoms with E-state index >= 15 is 0 Å². The van der Waals surface area contributed by atoms with E-state index < -0.39 is 23.2 Å². The van der Waals surface area contributed by atoms with E-state index in [0.29, 0.717) is 36.8 Å². The summed E-state index contributed by atoms with van der Waals surface area (Å²) in [5.41, 5.74) is 0.127. The number of aromatic amines is 1. The molecule has 2 aliphatic heterocycles. The molecular weight excluding hydrogens is 340 g/mol. The van der Waals surface area contributed by atoms with Crippen LogP contribution in [-0.4, -0.2) is 51.5 Å². The fourth-order valence-electron chi connectivity index (χ4n) is 3.30. The lowest BCUT2D eigenvalue weighted by Crippen LogP contribution is -2.45. The van der Waals surface area contributed by atoms with Crippen molar-refractivity contribution in [2.75, 3.05) is 13.2 Å². The van der Waals surface area contributed by atoms with Crippen molar-refractivity contribution < 1.29 is 24.0 Å². The summed E-state index contributed by atoms with van der Waals surface area (Å²) in [5, 5.41) is 10.8. The van der Waals surface area contributed by atoms with E-state index in [1.54, 1.807) is 12.1 Å². The van der Waals surface area contributed by atoms with Crippen molar-refractivity contribution >= 4 is 17.8 Å². The average molecular weight is 356 g/mol. The fraction of sp³-hybridized carbons (Fsp3) is 0.353. The highest BCUT2D eigenvalue weighted by molar-refractivity contribution is 6.20. The van der Waals surface area contributed by atoms with Crippen molar-refractivity contribution in [3.8, 4) is 0 Å². The second-order valence-electron chi connectivity index (χ2n) is 6.36. The molecule has 1 fully saturated rings. The number of nitrogens with zero attached hydrogens (tertiary/aromatic N) is 3. The summed E-state index contributed by atoms with van der Waals surface area (Å²) >= 11 is 0. The van der Waals surface area contributed by atoms with Crippen LogP contribution >= 0.6 is 0 Å². The molecule has 1 aromatic heterocycles. The Labute approximate surface area is 148 Å². The van der Waals surface area contributed by atoms with Crippen LogP contribution < -0.4 is 0 Å². The molecule has 0 saturated carbocycles. The third-order valence-electron chi connectivity index (χ3n) is 4.80. The summed E-state index contributed by atoms with van der Waals surface area (Å²) < 4.78 is 5.36. The topological polar surface area (TPSA) is 114 Å². The van der Waals surface area contributed by atoms with Gasteiger partial charge in [0.15, 0.2) is 0 Å². The zero-order valence-corrected chi connectivity index (χ0v) is 13.8. The number of hydrogen-bond acceptors (Lipinski definition) is 7. The Morgan fingerprint density at radius 2 is 1.85 bits per heavy atom. The largest absolute Gasteiger partial charge is 0.381 e. The molecule has 26 heavy (non-hydrogen) atoms. The van der Waals surface area contributed by atoms with Crippen molar-refractivity contribution in [2.24, 2.45) is 5.41 Å². The van der Waals surface area contributed by atoms with Crippen molar-refractivity contribution in [2.45, 2.75) is 19.3 Å². The number of carbonyl (C=O) groups excluding carboxylic acids is 3. The van der Waals surface area contributed by atoms with Gasteiger partial charge in [-0.15, -0.1) is 0 Å². The maximum atomic E-state index is 13.0. The van der Waals surface area contributed by atoms with Crippen molar-refractivity contribution in [3.63, 3.8) is 0 Å². The van der Waals surface area contributed by atoms with Crippen LogP contribution in [0.2, 0.25) is 0 Å². The van der Waals surface area contributed by atoms with Crippen molar-refractivity contribution in [1.29, 1.82) is 0 Å². The van der Waals surface area contributed by atoms with Gasteiger partial charge >= 0.3 is 5.97 Å². The van der Waals surface area contributed by atoms with Gasteiger partial charge in [-0.25, -0.2) is 4.79 Å². The van der Waals surface area contributed by atoms with Gasteiger partial charge in [0, 0.05) is 19.6 Å². The highest BCUT2D eigenvalue weighted by Gasteiger charge is 2.46. The number of amides is 2. The number of aromatic nitrogens is 3. The third kappa shape index (κ3) is 2.66. The van der Waals surface area contributed by atoms with E-state index in [0.717, 1.165) is 0 Å². The molecule has 0 atom stereocenters. The van der Waals surface area contributed by atoms with Crippen LogP contribution in [0.25, 0.3) is 0 Å². The molecule has 2 amide bonds. The Hall–Kier alpha value is -3.07. The lowest BCUT2D eigenvalue weighted by Gasteiger charge is -2.34. The van der Waals surface area contributed by atoms with Crippen molar-refractivity contribution in [3.05, 3.63) is 47.3 Å². The Kier molecular flexibility index (Phi) is 4.00. The molecule has 1 aromatic carbocycles. The number of H-pyrrole nitrogens is 1. The standard InChI is InChI=1S/C17H16N4O5/c22-14-12-3-1-2-4-13(12)15(23)21(14)26-16(24)17(5-7-25-8-6-17)9-11-10-18-20-19-11/h1-4,10H,5-9H2,(H,18,19,20). The second kappa shape index (κ2) is 6.34. The average Bonchev–Trinajstić information content (AvgIpc) is 3.25. The molecular formula is C17H16N4O5. The van der Waals surface area contributed by atoms with Crippen LogP contribution in [0.4, 0.5) is 0 Å². The fourth-order valence-corrected chi connectivity index (χ4v) is 3.30. The lowest BCUT2D eigenvalue weighted by molar-refractivity contribution is -0.186. The van der Waals surface area contributed by atoms with Gasteiger partial charge in [0.25, 0.3) is 11.8 Å². The first-order valence-corrected chi connectivity index (χ1v) is 8.23. The molecule has 3 heterocycles. The first-order chi connectivity index (χ1) is 12.6. The molecule has 134 valence electrons. The van der Waals surface area contributed by atoms with Gasteiger partial charge in [-0.05, 0) is 25.0 Å². The van der Waals surface area contributed by atoms with Gasteiger partial charge in [-0.2, -0.15) is 15.4 Å². The summed E-state index contributed by atoms with van der Waals surface area (Å²) in [6.45, 7) is 0.768. The van der Waals surface area contributed by atoms with Crippen LogP contribution in [0.1, 0.15) is 39.3 Å². The highest BCUT2D eigenvalue weighted by atomic mass is 16.7. The first kappa shape index (κ1) is 16.4. The Bertz CT molecular complexity index is 823. The maximum absolute atomic E-state index is 13.0. The molecule has 0 unspecified atom stereocenters. The number of benzene rings is 1. The van der Waals surface area contributed by atoms with Gasteiger partial charge in [0.05, 0.1) is 28.4 Å². The van der Waals surface area contributed by atoms with Crippen LogP contribution in [-0.2, 0) is 20.8 Å². The molecule has 1 saturated heterocycles. The number of imide groups is 1. The normalized spacial score (nSPS) is 18.7. The Morgan fingerprint density at radius 1 is 1.19 bits per heavy atom.